The van der Waals surface area contributed by atoms with Gasteiger partial charge in [0.2, 0.25) is 0 Å². The van der Waals surface area contributed by atoms with Crippen LogP contribution in [0.3, 0.4) is 0 Å². The molecular weight excluding hydrogens is 439 g/mol. The molecule has 0 radical (unpaired) electrons. The molecule has 5 nitrogen and oxygen atoms in total. The summed E-state index contributed by atoms with van der Waals surface area (Å²) < 4.78 is 19.0. The molecule has 1 atom stereocenters. The highest BCUT2D eigenvalue weighted by Gasteiger charge is 2.42. The third-order valence-electron chi connectivity index (χ3n) is 6.59. The van der Waals surface area contributed by atoms with Crippen LogP contribution in [-0.4, -0.2) is 10.8 Å². The van der Waals surface area contributed by atoms with E-state index in [4.69, 9.17) is 5.10 Å². The maximum atomic E-state index is 15.1. The molecule has 0 saturated carbocycles. The van der Waals surface area contributed by atoms with Crippen LogP contribution in [0.2, 0.25) is 0 Å². The highest BCUT2D eigenvalue weighted by atomic mass is 31.2. The predicted molar refractivity (Wildman–Crippen MR) is 143 cm³/mol. The Morgan fingerprint density at radius 1 is 0.765 bits per heavy atom. The Labute approximate surface area is 201 Å². The first-order valence-corrected chi connectivity index (χ1v) is 13.1. The van der Waals surface area contributed by atoms with Gasteiger partial charge in [0.05, 0.1) is 17.2 Å². The van der Waals surface area contributed by atoms with E-state index in [9.17, 15) is 0 Å². The Morgan fingerprint density at radius 2 is 1.47 bits per heavy atom. The average Bonchev–Trinajstić information content (AvgIpc) is 3.08. The minimum atomic E-state index is -3.40. The van der Waals surface area contributed by atoms with Gasteiger partial charge in [0.15, 0.2) is 0 Å². The lowest BCUT2D eigenvalue weighted by Gasteiger charge is -2.33. The molecule has 172 valence electrons. The molecule has 2 heterocycles. The van der Waals surface area contributed by atoms with Crippen molar-refractivity contribution < 1.29 is 4.57 Å². The van der Waals surface area contributed by atoms with Crippen molar-refractivity contribution in [1.82, 2.24) is 4.57 Å². The van der Waals surface area contributed by atoms with Gasteiger partial charge in [0.25, 0.3) is 0 Å². The van der Waals surface area contributed by atoms with Crippen molar-refractivity contribution >= 4 is 30.3 Å². The molecule has 1 N–H and O–H groups in total. The van der Waals surface area contributed by atoms with Crippen LogP contribution in [0.4, 0.5) is 11.4 Å². The topological polar surface area (TPSA) is 49.6 Å². The van der Waals surface area contributed by atoms with E-state index >= 15 is 4.57 Å². The lowest BCUT2D eigenvalue weighted by molar-refractivity contribution is 0.581. The maximum absolute atomic E-state index is 15.1. The van der Waals surface area contributed by atoms with Crippen molar-refractivity contribution in [2.75, 3.05) is 9.87 Å². The standard InChI is InChI=1S/C28H29N4OP/c1-19-11-15-25(16-12-19)31-22(4)27-18-29-32(26-9-7-6-8-10-26)34(33,28(27)23(31)5)30-24-14-13-20(2)21(3)17-24/h6-18H,1-5H3,(H,30,33)/t34-/m1/s1. The molecular formula is C28H29N4OP. The van der Waals surface area contributed by atoms with Crippen LogP contribution in [0.5, 0.6) is 0 Å². The van der Waals surface area contributed by atoms with E-state index in [1.54, 1.807) is 4.78 Å². The van der Waals surface area contributed by atoms with Crippen molar-refractivity contribution in [1.29, 1.82) is 0 Å². The van der Waals surface area contributed by atoms with Gasteiger partial charge < -0.3 is 9.65 Å². The average molecular weight is 469 g/mol. The van der Waals surface area contributed by atoms with Crippen LogP contribution in [-0.2, 0) is 4.57 Å². The Balaban J connectivity index is 1.73. The monoisotopic (exact) mass is 468 g/mol. The number of nitrogens with zero attached hydrogens (tertiary/aromatic N) is 3. The zero-order valence-corrected chi connectivity index (χ0v) is 21.1. The second-order valence-corrected chi connectivity index (χ2v) is 11.2. The molecule has 1 aliphatic rings. The zero-order valence-electron chi connectivity index (χ0n) is 20.2. The number of hydrogen-bond acceptors (Lipinski definition) is 2. The van der Waals surface area contributed by atoms with Gasteiger partial charge in [-0.2, -0.15) is 9.88 Å². The number of anilines is 2. The van der Waals surface area contributed by atoms with Gasteiger partial charge >= 0.3 is 7.44 Å². The van der Waals surface area contributed by atoms with Gasteiger partial charge in [-0.1, -0.05) is 42.0 Å². The number of aryl methyl sites for hydroxylation is 3. The van der Waals surface area contributed by atoms with Gasteiger partial charge in [0.1, 0.15) is 0 Å². The van der Waals surface area contributed by atoms with E-state index in [2.05, 4.69) is 73.7 Å². The molecule has 1 aromatic heterocycles. The number of rotatable bonds is 4. The van der Waals surface area contributed by atoms with Crippen molar-refractivity contribution in [2.45, 2.75) is 34.6 Å². The van der Waals surface area contributed by atoms with Crippen LogP contribution in [0.15, 0.2) is 77.9 Å². The zero-order chi connectivity index (χ0) is 24.0. The van der Waals surface area contributed by atoms with Crippen LogP contribution >= 0.6 is 7.44 Å². The summed E-state index contributed by atoms with van der Waals surface area (Å²) in [5.74, 6) is 0. The molecule has 3 aromatic carbocycles. The van der Waals surface area contributed by atoms with Crippen LogP contribution in [0.1, 0.15) is 33.6 Å². The second-order valence-electron chi connectivity index (χ2n) is 8.96. The minimum absolute atomic E-state index is 0.782. The fraction of sp³-hybridized carbons (Fsp3) is 0.179. The van der Waals surface area contributed by atoms with E-state index < -0.39 is 7.44 Å². The van der Waals surface area contributed by atoms with Crippen molar-refractivity contribution in [3.63, 3.8) is 0 Å². The SMILES string of the molecule is Cc1ccc(-n2c(C)c3c(c2C)[P@@](=O)(Nc2ccc(C)c(C)c2)N(c2ccccc2)N=C3)cc1. The highest BCUT2D eigenvalue weighted by molar-refractivity contribution is 7.74. The van der Waals surface area contributed by atoms with Crippen molar-refractivity contribution in [2.24, 2.45) is 5.10 Å². The first kappa shape index (κ1) is 22.2. The number of fused-ring (bicyclic) bond motifs is 1. The van der Waals surface area contributed by atoms with Crippen LogP contribution in [0.25, 0.3) is 5.69 Å². The third-order valence-corrected chi connectivity index (χ3v) is 9.19. The van der Waals surface area contributed by atoms with Crippen molar-refractivity contribution in [3.8, 4) is 5.69 Å². The first-order valence-electron chi connectivity index (χ1n) is 11.4. The summed E-state index contributed by atoms with van der Waals surface area (Å²) >= 11 is 0. The summed E-state index contributed by atoms with van der Waals surface area (Å²) in [4.78, 5) is 0. The Kier molecular flexibility index (Phi) is 5.45. The summed E-state index contributed by atoms with van der Waals surface area (Å²) in [5.41, 5.74) is 9.07. The first-order chi connectivity index (χ1) is 16.3. The van der Waals surface area contributed by atoms with E-state index in [1.807, 2.05) is 49.5 Å². The largest absolute Gasteiger partial charge is 0.317 e. The van der Waals surface area contributed by atoms with Gasteiger partial charge in [-0.05, 0) is 82.1 Å². The Morgan fingerprint density at radius 3 is 2.15 bits per heavy atom. The normalized spacial score (nSPS) is 17.0. The smallest absolute Gasteiger partial charge is 0.312 e. The number of para-hydroxylation sites is 1. The fourth-order valence-corrected chi connectivity index (χ4v) is 7.25. The summed E-state index contributed by atoms with van der Waals surface area (Å²) in [6, 6.07) is 24.2. The molecule has 4 aromatic rings. The molecule has 0 saturated heterocycles. The van der Waals surface area contributed by atoms with Gasteiger partial charge in [-0.25, -0.2) is 0 Å². The minimum Gasteiger partial charge on any atom is -0.317 e. The molecule has 1 aliphatic heterocycles. The number of aromatic nitrogens is 1. The number of nitrogens with one attached hydrogen (secondary N) is 1. The number of hydrogen-bond donors (Lipinski definition) is 1. The van der Waals surface area contributed by atoms with E-state index in [0.29, 0.717) is 0 Å². The van der Waals surface area contributed by atoms with E-state index in [0.717, 1.165) is 44.9 Å². The molecule has 6 heteroatoms. The molecule has 0 fully saturated rings. The molecule has 0 spiro atoms. The molecule has 0 bridgehead atoms. The Bertz CT molecular complexity index is 1450. The third kappa shape index (κ3) is 3.57. The highest BCUT2D eigenvalue weighted by Crippen LogP contribution is 2.54. The van der Waals surface area contributed by atoms with Gasteiger partial charge in [-0.15, -0.1) is 0 Å². The van der Waals surface area contributed by atoms with Crippen molar-refractivity contribution in [3.05, 3.63) is 106 Å². The summed E-state index contributed by atoms with van der Waals surface area (Å²) in [7, 11) is -3.40. The molecule has 34 heavy (non-hydrogen) atoms. The number of benzene rings is 3. The molecule has 0 unspecified atom stereocenters. The lowest BCUT2D eigenvalue weighted by atomic mass is 10.1. The maximum Gasteiger partial charge on any atom is 0.312 e. The van der Waals surface area contributed by atoms with Crippen LogP contribution in [0, 0.1) is 34.6 Å². The summed E-state index contributed by atoms with van der Waals surface area (Å²) in [6.07, 6.45) is 1.84. The predicted octanol–water partition coefficient (Wildman–Crippen LogP) is 6.80. The fourth-order valence-electron chi connectivity index (χ4n) is 4.62. The van der Waals surface area contributed by atoms with Crippen LogP contribution < -0.4 is 15.2 Å². The summed E-state index contributed by atoms with van der Waals surface area (Å²) in [5, 5.41) is 8.94. The Hall–Kier alpha value is -3.56. The lowest BCUT2D eigenvalue weighted by Crippen LogP contribution is -2.32. The van der Waals surface area contributed by atoms with E-state index in [1.165, 1.54) is 11.1 Å². The molecule has 0 aliphatic carbocycles. The van der Waals surface area contributed by atoms with E-state index in [-0.39, 0.29) is 0 Å². The summed E-state index contributed by atoms with van der Waals surface area (Å²) in [6.45, 7) is 10.3. The second kappa shape index (κ2) is 8.34. The number of hydrazone groups is 1. The van der Waals surface area contributed by atoms with Gasteiger partial charge in [-0.3, -0.25) is 4.57 Å². The molecule has 0 amide bonds. The molecule has 5 rings (SSSR count). The van der Waals surface area contributed by atoms with Gasteiger partial charge in [0, 0.05) is 28.3 Å². The quantitative estimate of drug-likeness (QED) is 0.335.